The van der Waals surface area contributed by atoms with Crippen molar-refractivity contribution in [2.45, 2.75) is 38.1 Å². The number of nitrogens with one attached hydrogen (secondary N) is 3. The molecule has 1 amide bonds. The Morgan fingerprint density at radius 3 is 2.24 bits per heavy atom. The molecular formula is C30H41N7O4. The Bertz CT molecular complexity index is 1190. The number of amides is 1. The second-order valence-corrected chi connectivity index (χ2v) is 9.81. The zero-order valence-electron chi connectivity index (χ0n) is 24.0. The van der Waals surface area contributed by atoms with Crippen LogP contribution in [-0.4, -0.2) is 80.6 Å². The first-order valence-corrected chi connectivity index (χ1v) is 14.2. The molecule has 4 rings (SSSR count). The third-order valence-electron chi connectivity index (χ3n) is 6.88. The quantitative estimate of drug-likeness (QED) is 0.218. The van der Waals surface area contributed by atoms with E-state index in [1.807, 2.05) is 42.5 Å². The van der Waals surface area contributed by atoms with Crippen LogP contribution in [0.15, 0.2) is 54.6 Å². The van der Waals surface area contributed by atoms with Gasteiger partial charge in [0.15, 0.2) is 0 Å². The lowest BCUT2D eigenvalue weighted by molar-refractivity contribution is 0.0519. The summed E-state index contributed by atoms with van der Waals surface area (Å²) in [5.41, 5.74) is 1.50. The van der Waals surface area contributed by atoms with E-state index < -0.39 is 0 Å². The molecule has 1 heterocycles. The minimum atomic E-state index is -0.106. The van der Waals surface area contributed by atoms with Gasteiger partial charge in [0, 0.05) is 37.4 Å². The van der Waals surface area contributed by atoms with Crippen molar-refractivity contribution >= 4 is 29.4 Å². The highest BCUT2D eigenvalue weighted by atomic mass is 16.5. The second-order valence-electron chi connectivity index (χ2n) is 9.81. The van der Waals surface area contributed by atoms with Crippen LogP contribution in [0, 0.1) is 0 Å². The lowest BCUT2D eigenvalue weighted by Gasteiger charge is -2.31. The molecule has 1 aliphatic carbocycles. The van der Waals surface area contributed by atoms with Crippen LogP contribution >= 0.6 is 0 Å². The van der Waals surface area contributed by atoms with E-state index in [0.717, 1.165) is 24.3 Å². The van der Waals surface area contributed by atoms with Gasteiger partial charge in [0.25, 0.3) is 5.91 Å². The average molecular weight is 564 g/mol. The number of anilines is 4. The number of carbonyl (C=O) groups excluding carboxylic acids is 1. The van der Waals surface area contributed by atoms with Crippen LogP contribution in [0.2, 0.25) is 0 Å². The maximum absolute atomic E-state index is 12.0. The van der Waals surface area contributed by atoms with Gasteiger partial charge in [-0.05, 0) is 49.2 Å². The molecule has 1 fully saturated rings. The van der Waals surface area contributed by atoms with Crippen molar-refractivity contribution < 1.29 is 19.0 Å². The molecule has 1 aromatic heterocycles. The van der Waals surface area contributed by atoms with Crippen LogP contribution < -0.4 is 25.6 Å². The molecule has 0 saturated heterocycles. The summed E-state index contributed by atoms with van der Waals surface area (Å²) in [5, 5.41) is 9.39. The first kappa shape index (κ1) is 30.0. The highest BCUT2D eigenvalue weighted by Gasteiger charge is 2.21. The third kappa shape index (κ3) is 9.87. The predicted molar refractivity (Wildman–Crippen MR) is 160 cm³/mol. The molecule has 0 unspecified atom stereocenters. The fraction of sp³-hybridized carbons (Fsp3) is 0.467. The largest absolute Gasteiger partial charge is 0.497 e. The van der Waals surface area contributed by atoms with Crippen LogP contribution in [-0.2, 0) is 9.47 Å². The Morgan fingerprint density at radius 1 is 0.854 bits per heavy atom. The van der Waals surface area contributed by atoms with Gasteiger partial charge in [-0.15, -0.1) is 0 Å². The lowest BCUT2D eigenvalue weighted by atomic mass is 9.95. The minimum Gasteiger partial charge on any atom is -0.497 e. The zero-order chi connectivity index (χ0) is 28.7. The zero-order valence-corrected chi connectivity index (χ0v) is 24.0. The molecule has 41 heavy (non-hydrogen) atoms. The first-order chi connectivity index (χ1) is 20.1. The first-order valence-electron chi connectivity index (χ1n) is 14.2. The summed E-state index contributed by atoms with van der Waals surface area (Å²) in [4.78, 5) is 28.2. The minimum absolute atomic E-state index is 0.106. The van der Waals surface area contributed by atoms with E-state index in [-0.39, 0.29) is 5.91 Å². The van der Waals surface area contributed by atoms with Crippen molar-refractivity contribution in [2.75, 3.05) is 69.2 Å². The van der Waals surface area contributed by atoms with E-state index in [2.05, 4.69) is 32.9 Å². The Kier molecular flexibility index (Phi) is 12.0. The summed E-state index contributed by atoms with van der Waals surface area (Å²) in [6.45, 7) is 2.76. The molecule has 220 valence electrons. The number of ether oxygens (including phenoxy) is 3. The third-order valence-corrected chi connectivity index (χ3v) is 6.88. The lowest BCUT2D eigenvalue weighted by Crippen LogP contribution is -2.35. The van der Waals surface area contributed by atoms with E-state index in [4.69, 9.17) is 24.2 Å². The fourth-order valence-electron chi connectivity index (χ4n) is 4.58. The summed E-state index contributed by atoms with van der Waals surface area (Å²) in [7, 11) is 3.70. The van der Waals surface area contributed by atoms with E-state index in [1.54, 1.807) is 19.2 Å². The van der Waals surface area contributed by atoms with Crippen molar-refractivity contribution in [3.8, 4) is 5.75 Å². The summed E-state index contributed by atoms with van der Waals surface area (Å²) < 4.78 is 16.5. The van der Waals surface area contributed by atoms with E-state index >= 15 is 0 Å². The molecule has 0 radical (unpaired) electrons. The number of carbonyl (C=O) groups is 1. The van der Waals surface area contributed by atoms with Gasteiger partial charge in [-0.2, -0.15) is 15.0 Å². The molecule has 0 bridgehead atoms. The maximum Gasteiger partial charge on any atom is 0.251 e. The topological polar surface area (TPSA) is 123 Å². The van der Waals surface area contributed by atoms with Gasteiger partial charge in [-0.1, -0.05) is 37.5 Å². The number of benzene rings is 2. The van der Waals surface area contributed by atoms with Crippen LogP contribution in [0.1, 0.15) is 42.5 Å². The van der Waals surface area contributed by atoms with Crippen molar-refractivity contribution in [1.29, 1.82) is 0 Å². The van der Waals surface area contributed by atoms with Gasteiger partial charge in [0.2, 0.25) is 17.8 Å². The van der Waals surface area contributed by atoms with Gasteiger partial charge in [-0.3, -0.25) is 4.79 Å². The van der Waals surface area contributed by atoms with Crippen molar-refractivity contribution in [1.82, 2.24) is 20.3 Å². The summed E-state index contributed by atoms with van der Waals surface area (Å²) in [6.07, 6.45) is 6.02. The number of rotatable bonds is 16. The van der Waals surface area contributed by atoms with Gasteiger partial charge in [0.05, 0.1) is 33.5 Å². The van der Waals surface area contributed by atoms with Crippen LogP contribution in [0.3, 0.4) is 0 Å². The molecular weight excluding hydrogens is 522 g/mol. The van der Waals surface area contributed by atoms with Gasteiger partial charge < -0.3 is 35.1 Å². The number of hydrogen-bond acceptors (Lipinski definition) is 10. The molecule has 3 N–H and O–H groups in total. The highest BCUT2D eigenvalue weighted by molar-refractivity contribution is 5.94. The smallest absolute Gasteiger partial charge is 0.251 e. The van der Waals surface area contributed by atoms with Gasteiger partial charge in [0.1, 0.15) is 5.75 Å². The van der Waals surface area contributed by atoms with Crippen LogP contribution in [0.4, 0.5) is 23.5 Å². The monoisotopic (exact) mass is 563 g/mol. The number of methoxy groups -OCH3 is 1. The normalized spacial score (nSPS) is 13.4. The van der Waals surface area contributed by atoms with Crippen molar-refractivity contribution in [3.63, 3.8) is 0 Å². The molecule has 11 nitrogen and oxygen atoms in total. The molecule has 0 atom stereocenters. The molecule has 1 aliphatic rings. The van der Waals surface area contributed by atoms with Crippen LogP contribution in [0.25, 0.3) is 0 Å². The Labute approximate surface area is 242 Å². The predicted octanol–water partition coefficient (Wildman–Crippen LogP) is 4.27. The SMILES string of the molecule is COc1ccc(Nc2nc(NCCOCCOCCNC(=O)c3ccccc3)nc(N(C)C3CCCCC3)n2)cc1. The van der Waals surface area contributed by atoms with Gasteiger partial charge in [-0.25, -0.2) is 0 Å². The van der Waals surface area contributed by atoms with Crippen molar-refractivity contribution in [2.24, 2.45) is 0 Å². The van der Waals surface area contributed by atoms with E-state index in [0.29, 0.717) is 69.0 Å². The van der Waals surface area contributed by atoms with E-state index in [1.165, 1.54) is 19.3 Å². The highest BCUT2D eigenvalue weighted by Crippen LogP contribution is 2.26. The number of aromatic nitrogens is 3. The maximum atomic E-state index is 12.0. The molecule has 0 spiro atoms. The van der Waals surface area contributed by atoms with Gasteiger partial charge >= 0.3 is 0 Å². The Balaban J connectivity index is 1.21. The fourth-order valence-corrected chi connectivity index (χ4v) is 4.58. The second kappa shape index (κ2) is 16.3. The summed E-state index contributed by atoms with van der Waals surface area (Å²) in [5.74, 6) is 2.28. The molecule has 0 aliphatic heterocycles. The Morgan fingerprint density at radius 2 is 1.54 bits per heavy atom. The van der Waals surface area contributed by atoms with Crippen LogP contribution in [0.5, 0.6) is 5.75 Å². The standard InChI is InChI=1S/C30H41N7O4/c1-37(25-11-7-4-8-12-25)30-35-28(34-29(36-30)33-24-13-15-26(39-2)16-14-24)32-18-20-41-22-21-40-19-17-31-27(38)23-9-5-3-6-10-23/h3,5-6,9-10,13-16,25H,4,7-8,11-12,17-22H2,1-2H3,(H,31,38)(H2,32,33,34,35,36). The summed E-state index contributed by atoms with van der Waals surface area (Å²) in [6, 6.07) is 17.2. The summed E-state index contributed by atoms with van der Waals surface area (Å²) >= 11 is 0. The van der Waals surface area contributed by atoms with Crippen molar-refractivity contribution in [3.05, 3.63) is 60.2 Å². The van der Waals surface area contributed by atoms with E-state index in [9.17, 15) is 4.79 Å². The molecule has 3 aromatic rings. The number of hydrogen-bond donors (Lipinski definition) is 3. The molecule has 2 aromatic carbocycles. The molecule has 1 saturated carbocycles. The number of nitrogens with zero attached hydrogens (tertiary/aromatic N) is 4. The average Bonchev–Trinajstić information content (AvgIpc) is 3.02. The molecule has 11 heteroatoms. The Hall–Kier alpha value is -3.96.